The number of nitrogens with one attached hydrogen (secondary N) is 2. The average molecular weight is 223 g/mol. The summed E-state index contributed by atoms with van der Waals surface area (Å²) in [4.78, 5) is 3.94. The third-order valence-electron chi connectivity index (χ3n) is 2.26. The first kappa shape index (κ1) is 11.9. The maximum Gasteiger partial charge on any atom is 0.170 e. The SMILES string of the molecule is CCC(CC)NC(=S)Nc1ccncc1. The first-order chi connectivity index (χ1) is 7.26. The Bertz CT molecular complexity index is 296. The lowest BCUT2D eigenvalue weighted by atomic mass is 10.2. The van der Waals surface area contributed by atoms with Gasteiger partial charge in [0.05, 0.1) is 0 Å². The van der Waals surface area contributed by atoms with E-state index in [0.29, 0.717) is 11.2 Å². The lowest BCUT2D eigenvalue weighted by Gasteiger charge is -2.17. The van der Waals surface area contributed by atoms with Gasteiger partial charge in [-0.2, -0.15) is 0 Å². The van der Waals surface area contributed by atoms with Crippen molar-refractivity contribution >= 4 is 23.0 Å². The van der Waals surface area contributed by atoms with Gasteiger partial charge in [0.15, 0.2) is 5.11 Å². The number of rotatable bonds is 4. The van der Waals surface area contributed by atoms with Crippen LogP contribution >= 0.6 is 12.2 Å². The monoisotopic (exact) mass is 223 g/mol. The second-order valence-electron chi connectivity index (χ2n) is 3.35. The van der Waals surface area contributed by atoms with Crippen LogP contribution in [0.3, 0.4) is 0 Å². The minimum absolute atomic E-state index is 0.451. The maximum absolute atomic E-state index is 5.20. The molecule has 0 saturated heterocycles. The molecule has 0 aromatic carbocycles. The number of aromatic nitrogens is 1. The second-order valence-corrected chi connectivity index (χ2v) is 3.76. The van der Waals surface area contributed by atoms with E-state index >= 15 is 0 Å². The van der Waals surface area contributed by atoms with Gasteiger partial charge in [-0.05, 0) is 37.2 Å². The third kappa shape index (κ3) is 4.25. The molecule has 4 heteroatoms. The molecule has 3 nitrogen and oxygen atoms in total. The standard InChI is InChI=1S/C11H17N3S/c1-3-9(4-2)13-11(15)14-10-5-7-12-8-6-10/h5-9H,3-4H2,1-2H3,(H2,12,13,14,15). The van der Waals surface area contributed by atoms with Gasteiger partial charge in [0.1, 0.15) is 0 Å². The Morgan fingerprint density at radius 1 is 1.33 bits per heavy atom. The number of pyridine rings is 1. The van der Waals surface area contributed by atoms with E-state index in [4.69, 9.17) is 12.2 Å². The zero-order valence-electron chi connectivity index (χ0n) is 9.16. The Morgan fingerprint density at radius 3 is 2.47 bits per heavy atom. The Labute approximate surface area is 96.3 Å². The Morgan fingerprint density at radius 2 is 1.93 bits per heavy atom. The topological polar surface area (TPSA) is 37.0 Å². The van der Waals surface area contributed by atoms with Crippen molar-refractivity contribution in [2.75, 3.05) is 5.32 Å². The van der Waals surface area contributed by atoms with Crippen molar-refractivity contribution in [1.29, 1.82) is 0 Å². The van der Waals surface area contributed by atoms with Gasteiger partial charge in [-0.3, -0.25) is 4.98 Å². The quantitative estimate of drug-likeness (QED) is 0.769. The zero-order valence-corrected chi connectivity index (χ0v) is 9.97. The second kappa shape index (κ2) is 6.35. The van der Waals surface area contributed by atoms with E-state index < -0.39 is 0 Å². The fraction of sp³-hybridized carbons (Fsp3) is 0.455. The molecule has 2 N–H and O–H groups in total. The number of nitrogens with zero attached hydrogens (tertiary/aromatic N) is 1. The predicted molar refractivity (Wildman–Crippen MR) is 68.0 cm³/mol. The average Bonchev–Trinajstić information content (AvgIpc) is 2.27. The first-order valence-corrected chi connectivity index (χ1v) is 5.64. The Hall–Kier alpha value is -1.16. The van der Waals surface area contributed by atoms with Crippen molar-refractivity contribution in [2.45, 2.75) is 32.7 Å². The van der Waals surface area contributed by atoms with Gasteiger partial charge in [0, 0.05) is 24.1 Å². The molecule has 0 unspecified atom stereocenters. The summed E-state index contributed by atoms with van der Waals surface area (Å²) < 4.78 is 0. The van der Waals surface area contributed by atoms with Crippen LogP contribution in [0.2, 0.25) is 0 Å². The van der Waals surface area contributed by atoms with Crippen molar-refractivity contribution in [2.24, 2.45) is 0 Å². The number of hydrogen-bond acceptors (Lipinski definition) is 2. The zero-order chi connectivity index (χ0) is 11.1. The summed E-state index contributed by atoms with van der Waals surface area (Å²) in [6.45, 7) is 4.30. The molecule has 1 aromatic heterocycles. The molecule has 82 valence electrons. The molecule has 0 saturated carbocycles. The fourth-order valence-corrected chi connectivity index (χ4v) is 1.57. The summed E-state index contributed by atoms with van der Waals surface area (Å²) in [5, 5.41) is 7.06. The predicted octanol–water partition coefficient (Wildman–Crippen LogP) is 2.56. The summed E-state index contributed by atoms with van der Waals surface area (Å²) in [6.07, 6.45) is 5.63. The largest absolute Gasteiger partial charge is 0.360 e. The van der Waals surface area contributed by atoms with Crippen molar-refractivity contribution in [3.05, 3.63) is 24.5 Å². The van der Waals surface area contributed by atoms with E-state index in [9.17, 15) is 0 Å². The summed E-state index contributed by atoms with van der Waals surface area (Å²) in [5.41, 5.74) is 0.966. The molecule has 0 aliphatic carbocycles. The highest BCUT2D eigenvalue weighted by atomic mass is 32.1. The smallest absolute Gasteiger partial charge is 0.170 e. The van der Waals surface area contributed by atoms with E-state index in [1.165, 1.54) is 0 Å². The highest BCUT2D eigenvalue weighted by Gasteiger charge is 2.04. The van der Waals surface area contributed by atoms with Crippen molar-refractivity contribution in [3.63, 3.8) is 0 Å². The molecular formula is C11H17N3S. The first-order valence-electron chi connectivity index (χ1n) is 5.23. The van der Waals surface area contributed by atoms with Gasteiger partial charge in [-0.1, -0.05) is 13.8 Å². The van der Waals surface area contributed by atoms with Crippen LogP contribution < -0.4 is 10.6 Å². The molecule has 0 amide bonds. The van der Waals surface area contributed by atoms with Crippen LogP contribution in [-0.2, 0) is 0 Å². The summed E-state index contributed by atoms with van der Waals surface area (Å²) in [7, 11) is 0. The van der Waals surface area contributed by atoms with Gasteiger partial charge in [0.25, 0.3) is 0 Å². The van der Waals surface area contributed by atoms with E-state index in [1.54, 1.807) is 12.4 Å². The highest BCUT2D eigenvalue weighted by Crippen LogP contribution is 2.03. The lowest BCUT2D eigenvalue weighted by molar-refractivity contribution is 0.573. The summed E-state index contributed by atoms with van der Waals surface area (Å²) in [6, 6.07) is 4.23. The lowest BCUT2D eigenvalue weighted by Crippen LogP contribution is -2.36. The molecule has 1 heterocycles. The van der Waals surface area contributed by atoms with Crippen LogP contribution in [0.5, 0.6) is 0 Å². The number of thiocarbonyl (C=S) groups is 1. The maximum atomic E-state index is 5.20. The summed E-state index contributed by atoms with van der Waals surface area (Å²) in [5.74, 6) is 0. The van der Waals surface area contributed by atoms with Crippen LogP contribution in [0.4, 0.5) is 5.69 Å². The van der Waals surface area contributed by atoms with Crippen LogP contribution in [0.25, 0.3) is 0 Å². The van der Waals surface area contributed by atoms with E-state index in [0.717, 1.165) is 18.5 Å². The Kier molecular flexibility index (Phi) is 5.04. The number of hydrogen-bond donors (Lipinski definition) is 2. The van der Waals surface area contributed by atoms with Crippen LogP contribution in [0.15, 0.2) is 24.5 Å². The molecule has 0 fully saturated rings. The van der Waals surface area contributed by atoms with Crippen molar-refractivity contribution in [3.8, 4) is 0 Å². The molecular weight excluding hydrogens is 206 g/mol. The molecule has 15 heavy (non-hydrogen) atoms. The molecule has 0 radical (unpaired) electrons. The number of anilines is 1. The molecule has 0 spiro atoms. The van der Waals surface area contributed by atoms with E-state index in [1.807, 2.05) is 12.1 Å². The Balaban J connectivity index is 2.43. The van der Waals surface area contributed by atoms with Gasteiger partial charge < -0.3 is 10.6 Å². The fourth-order valence-electron chi connectivity index (χ4n) is 1.28. The van der Waals surface area contributed by atoms with Gasteiger partial charge in [-0.15, -0.1) is 0 Å². The van der Waals surface area contributed by atoms with E-state index in [2.05, 4.69) is 29.5 Å². The van der Waals surface area contributed by atoms with Gasteiger partial charge in [0.2, 0.25) is 0 Å². The van der Waals surface area contributed by atoms with Crippen LogP contribution in [0.1, 0.15) is 26.7 Å². The molecule has 1 aromatic rings. The molecule has 0 aliphatic heterocycles. The van der Waals surface area contributed by atoms with Gasteiger partial charge >= 0.3 is 0 Å². The van der Waals surface area contributed by atoms with Crippen molar-refractivity contribution in [1.82, 2.24) is 10.3 Å². The summed E-state index contributed by atoms with van der Waals surface area (Å²) >= 11 is 5.20. The van der Waals surface area contributed by atoms with Crippen LogP contribution in [0, 0.1) is 0 Å². The van der Waals surface area contributed by atoms with Gasteiger partial charge in [-0.25, -0.2) is 0 Å². The van der Waals surface area contributed by atoms with Crippen molar-refractivity contribution < 1.29 is 0 Å². The molecule has 0 aliphatic rings. The van der Waals surface area contributed by atoms with E-state index in [-0.39, 0.29) is 0 Å². The minimum Gasteiger partial charge on any atom is -0.360 e. The minimum atomic E-state index is 0.451. The normalized spacial score (nSPS) is 10.1. The third-order valence-corrected chi connectivity index (χ3v) is 2.48. The highest BCUT2D eigenvalue weighted by molar-refractivity contribution is 7.80. The van der Waals surface area contributed by atoms with Crippen LogP contribution in [-0.4, -0.2) is 16.1 Å². The molecule has 0 atom stereocenters. The molecule has 1 rings (SSSR count). The molecule has 0 bridgehead atoms.